The van der Waals surface area contributed by atoms with Crippen LogP contribution in [0, 0.1) is 0 Å². The van der Waals surface area contributed by atoms with Crippen LogP contribution < -0.4 is 5.56 Å². The molecule has 5 rings (SSSR count). The van der Waals surface area contributed by atoms with Gasteiger partial charge in [-0.1, -0.05) is 90.3 Å². The van der Waals surface area contributed by atoms with Crippen molar-refractivity contribution in [2.75, 3.05) is 0 Å². The lowest BCUT2D eigenvalue weighted by Gasteiger charge is -2.23. The van der Waals surface area contributed by atoms with Crippen molar-refractivity contribution < 1.29 is 4.79 Å². The minimum atomic E-state index is -0.231. The third-order valence-electron chi connectivity index (χ3n) is 5.46. The molecule has 1 aliphatic heterocycles. The number of fused-ring (bicyclic) bond motifs is 1. The van der Waals surface area contributed by atoms with E-state index in [0.717, 1.165) is 10.5 Å². The largest absolute Gasteiger partial charge is 0.286 e. The Kier molecular flexibility index (Phi) is 6.36. The number of nitrogens with zero attached hydrogens (tertiary/aromatic N) is 3. The Hall–Kier alpha value is -3.20. The van der Waals surface area contributed by atoms with Gasteiger partial charge in [-0.05, 0) is 42.8 Å². The topological polar surface area (TPSA) is 54.7 Å². The second-order valence-corrected chi connectivity index (χ2v) is 10.4. The summed E-state index contributed by atoms with van der Waals surface area (Å²) in [6, 6.07) is 24.7. The van der Waals surface area contributed by atoms with Gasteiger partial charge in [0.15, 0.2) is 0 Å². The van der Waals surface area contributed by atoms with Gasteiger partial charge in [0, 0.05) is 11.1 Å². The lowest BCUT2D eigenvalue weighted by Crippen LogP contribution is -2.31. The predicted octanol–water partition coefficient (Wildman–Crippen LogP) is 5.81. The van der Waals surface area contributed by atoms with Crippen LogP contribution >= 0.6 is 35.7 Å². The van der Waals surface area contributed by atoms with E-state index in [1.165, 1.54) is 27.9 Å². The van der Waals surface area contributed by atoms with Crippen molar-refractivity contribution >= 4 is 57.7 Å². The van der Waals surface area contributed by atoms with E-state index in [1.54, 1.807) is 29.3 Å². The summed E-state index contributed by atoms with van der Waals surface area (Å²) in [6.07, 6.45) is 3.32. The van der Waals surface area contributed by atoms with Crippen molar-refractivity contribution in [2.24, 2.45) is 0 Å². The highest BCUT2D eigenvalue weighted by atomic mass is 32.2. The number of amides is 1. The SMILES string of the molecule is CC(c1ccccc1)N1C(=O)C(=Cc2c(Sc3ccccc3)nc3ccccn3c2=O)SC1=S. The monoisotopic (exact) mass is 501 g/mol. The van der Waals surface area contributed by atoms with E-state index in [1.807, 2.05) is 73.7 Å². The van der Waals surface area contributed by atoms with Crippen molar-refractivity contribution in [1.29, 1.82) is 0 Å². The number of hydrogen-bond donors (Lipinski definition) is 0. The van der Waals surface area contributed by atoms with Crippen LogP contribution in [-0.4, -0.2) is 24.5 Å². The number of pyridine rings is 1. The molecule has 2 aromatic carbocycles. The van der Waals surface area contributed by atoms with E-state index < -0.39 is 0 Å². The van der Waals surface area contributed by atoms with Gasteiger partial charge in [0.25, 0.3) is 11.5 Å². The summed E-state index contributed by atoms with van der Waals surface area (Å²) in [4.78, 5) is 34.6. The van der Waals surface area contributed by atoms with Gasteiger partial charge >= 0.3 is 0 Å². The second-order valence-electron chi connectivity index (χ2n) is 7.62. The van der Waals surface area contributed by atoms with Gasteiger partial charge in [-0.3, -0.25) is 18.9 Å². The van der Waals surface area contributed by atoms with Gasteiger partial charge in [-0.25, -0.2) is 4.98 Å². The van der Waals surface area contributed by atoms with Gasteiger partial charge in [0.2, 0.25) is 0 Å². The maximum absolute atomic E-state index is 13.5. The first-order valence-electron chi connectivity index (χ1n) is 10.6. The number of aromatic nitrogens is 2. The average molecular weight is 502 g/mol. The Morgan fingerprint density at radius 1 is 0.971 bits per heavy atom. The molecule has 4 aromatic rings. The minimum absolute atomic E-state index is 0.209. The Morgan fingerprint density at radius 2 is 1.65 bits per heavy atom. The third-order valence-corrected chi connectivity index (χ3v) is 7.80. The fourth-order valence-electron chi connectivity index (χ4n) is 3.71. The lowest BCUT2D eigenvalue weighted by molar-refractivity contribution is -0.123. The Balaban J connectivity index is 1.58. The third kappa shape index (κ3) is 4.32. The van der Waals surface area contributed by atoms with Crippen LogP contribution in [0.15, 0.2) is 105 Å². The van der Waals surface area contributed by atoms with Crippen LogP contribution in [0.2, 0.25) is 0 Å². The fraction of sp³-hybridized carbons (Fsp3) is 0.0769. The molecule has 1 amide bonds. The summed E-state index contributed by atoms with van der Waals surface area (Å²) >= 11 is 8.17. The van der Waals surface area contributed by atoms with Crippen LogP contribution in [0.1, 0.15) is 24.1 Å². The zero-order chi connectivity index (χ0) is 23.7. The van der Waals surface area contributed by atoms with E-state index in [2.05, 4.69) is 0 Å². The maximum atomic E-state index is 13.5. The molecular weight excluding hydrogens is 483 g/mol. The molecule has 1 saturated heterocycles. The Morgan fingerprint density at radius 3 is 2.38 bits per heavy atom. The van der Waals surface area contributed by atoms with Crippen molar-refractivity contribution in [3.63, 3.8) is 0 Å². The molecule has 1 atom stereocenters. The molecule has 5 nitrogen and oxygen atoms in total. The van der Waals surface area contributed by atoms with Gasteiger partial charge < -0.3 is 0 Å². The normalized spacial score (nSPS) is 15.9. The van der Waals surface area contributed by atoms with Crippen LogP contribution in [0.25, 0.3) is 11.7 Å². The predicted molar refractivity (Wildman–Crippen MR) is 142 cm³/mol. The summed E-state index contributed by atoms with van der Waals surface area (Å²) in [5.41, 5.74) is 1.68. The summed E-state index contributed by atoms with van der Waals surface area (Å²) in [5.74, 6) is -0.209. The van der Waals surface area contributed by atoms with Crippen molar-refractivity contribution in [2.45, 2.75) is 22.9 Å². The first-order chi connectivity index (χ1) is 16.5. The van der Waals surface area contributed by atoms with Crippen LogP contribution in [0.4, 0.5) is 0 Å². The van der Waals surface area contributed by atoms with Crippen molar-refractivity contribution in [1.82, 2.24) is 14.3 Å². The quantitative estimate of drug-likeness (QED) is 0.195. The molecule has 34 heavy (non-hydrogen) atoms. The summed E-state index contributed by atoms with van der Waals surface area (Å²) < 4.78 is 1.97. The molecule has 0 spiro atoms. The van der Waals surface area contributed by atoms with Gasteiger partial charge in [-0.2, -0.15) is 0 Å². The van der Waals surface area contributed by atoms with Gasteiger partial charge in [-0.15, -0.1) is 0 Å². The van der Waals surface area contributed by atoms with Crippen molar-refractivity contribution in [3.8, 4) is 0 Å². The zero-order valence-electron chi connectivity index (χ0n) is 18.1. The molecule has 0 radical (unpaired) electrons. The van der Waals surface area contributed by atoms with Gasteiger partial charge in [0.05, 0.1) is 16.5 Å². The molecular formula is C26H19N3O2S3. The Bertz CT molecular complexity index is 1480. The van der Waals surface area contributed by atoms with E-state index in [-0.39, 0.29) is 17.5 Å². The molecule has 2 aromatic heterocycles. The highest BCUT2D eigenvalue weighted by molar-refractivity contribution is 8.26. The summed E-state index contributed by atoms with van der Waals surface area (Å²) in [7, 11) is 0. The first kappa shape index (κ1) is 22.6. The standard InChI is InChI=1S/C26H19N3O2S3/c1-17(18-10-4-2-5-11-18)29-25(31)21(34-26(29)32)16-20-23(33-19-12-6-3-7-13-19)27-22-14-8-9-15-28(22)24(20)30/h2-17H,1H3. The number of rotatable bonds is 5. The molecule has 0 N–H and O–H groups in total. The number of carbonyl (C=O) groups excluding carboxylic acids is 1. The number of benzene rings is 2. The van der Waals surface area contributed by atoms with Gasteiger partial charge in [0.1, 0.15) is 15.0 Å². The molecule has 3 heterocycles. The smallest absolute Gasteiger partial charge is 0.266 e. The van der Waals surface area contributed by atoms with E-state index in [0.29, 0.717) is 25.5 Å². The second kappa shape index (κ2) is 9.58. The molecule has 0 bridgehead atoms. The number of carbonyl (C=O) groups is 1. The first-order valence-corrected chi connectivity index (χ1v) is 12.6. The van der Waals surface area contributed by atoms with Crippen LogP contribution in [0.5, 0.6) is 0 Å². The summed E-state index contributed by atoms with van der Waals surface area (Å²) in [6.45, 7) is 1.95. The molecule has 168 valence electrons. The highest BCUT2D eigenvalue weighted by Crippen LogP contribution is 2.39. The molecule has 8 heteroatoms. The van der Waals surface area contributed by atoms with Crippen LogP contribution in [0.3, 0.4) is 0 Å². The van der Waals surface area contributed by atoms with E-state index >= 15 is 0 Å². The molecule has 1 fully saturated rings. The lowest BCUT2D eigenvalue weighted by atomic mass is 10.1. The molecule has 0 aliphatic carbocycles. The van der Waals surface area contributed by atoms with E-state index in [4.69, 9.17) is 17.2 Å². The van der Waals surface area contributed by atoms with Crippen molar-refractivity contribution in [3.05, 3.63) is 111 Å². The number of thioether (sulfide) groups is 1. The number of hydrogen-bond acceptors (Lipinski definition) is 6. The summed E-state index contributed by atoms with van der Waals surface area (Å²) in [5, 5.41) is 0.545. The number of thiocarbonyl (C=S) groups is 1. The molecule has 1 unspecified atom stereocenters. The molecule has 0 saturated carbocycles. The highest BCUT2D eigenvalue weighted by Gasteiger charge is 2.36. The Labute approximate surface area is 210 Å². The minimum Gasteiger partial charge on any atom is -0.286 e. The fourth-order valence-corrected chi connectivity index (χ4v) is 6.02. The average Bonchev–Trinajstić information content (AvgIpc) is 3.14. The van der Waals surface area contributed by atoms with E-state index in [9.17, 15) is 9.59 Å². The zero-order valence-corrected chi connectivity index (χ0v) is 20.6. The van der Waals surface area contributed by atoms with Crippen LogP contribution in [-0.2, 0) is 4.79 Å². The maximum Gasteiger partial charge on any atom is 0.266 e. The molecule has 1 aliphatic rings.